The van der Waals surface area contributed by atoms with Crippen molar-refractivity contribution >= 4 is 11.8 Å². The molecule has 0 amide bonds. The van der Waals surface area contributed by atoms with Gasteiger partial charge in [-0.25, -0.2) is 14.8 Å². The lowest BCUT2D eigenvalue weighted by molar-refractivity contribution is 0.0690. The van der Waals surface area contributed by atoms with Gasteiger partial charge in [-0.1, -0.05) is 0 Å². The molecular weight excluding hydrogens is 262 g/mol. The van der Waals surface area contributed by atoms with E-state index >= 15 is 0 Å². The molecule has 1 aromatic heterocycles. The molecule has 1 aromatic carbocycles. The van der Waals surface area contributed by atoms with E-state index in [1.54, 1.807) is 18.2 Å². The minimum Gasteiger partial charge on any atom is -0.493 e. The molecule has 0 aliphatic rings. The minimum atomic E-state index is -1.17. The van der Waals surface area contributed by atoms with E-state index in [0.29, 0.717) is 17.1 Å². The first-order valence-corrected chi connectivity index (χ1v) is 5.65. The average molecular weight is 275 g/mol. The quantitative estimate of drug-likeness (QED) is 0.869. The molecule has 0 unspecified atom stereocenters. The molecule has 0 radical (unpaired) electrons. The van der Waals surface area contributed by atoms with Crippen LogP contribution in [0.4, 0.5) is 5.82 Å². The standard InChI is InChI=1S/C13H13N3O4/c1-19-9-4-3-7(5-10(9)20-2)12-15-8(13(17)18)6-11(14)16-12/h3-6H,1-2H3,(H,17,18)(H2,14,15,16). The highest BCUT2D eigenvalue weighted by Gasteiger charge is 2.12. The molecule has 0 fully saturated rings. The van der Waals surface area contributed by atoms with Gasteiger partial charge < -0.3 is 20.3 Å². The Bertz CT molecular complexity index is 658. The number of nitrogen functional groups attached to an aromatic ring is 1. The van der Waals surface area contributed by atoms with Crippen molar-refractivity contribution < 1.29 is 19.4 Å². The Balaban J connectivity index is 2.53. The van der Waals surface area contributed by atoms with Gasteiger partial charge in [0.2, 0.25) is 0 Å². The maximum absolute atomic E-state index is 11.0. The van der Waals surface area contributed by atoms with Gasteiger partial charge in [0.1, 0.15) is 5.82 Å². The molecule has 0 atom stereocenters. The van der Waals surface area contributed by atoms with Gasteiger partial charge >= 0.3 is 5.97 Å². The third kappa shape index (κ3) is 2.61. The van der Waals surface area contributed by atoms with Crippen LogP contribution in [-0.4, -0.2) is 35.3 Å². The predicted molar refractivity (Wildman–Crippen MR) is 71.9 cm³/mol. The van der Waals surface area contributed by atoms with Crippen molar-refractivity contribution in [1.82, 2.24) is 9.97 Å². The van der Waals surface area contributed by atoms with Gasteiger partial charge in [0, 0.05) is 11.6 Å². The lowest BCUT2D eigenvalue weighted by Gasteiger charge is -2.09. The van der Waals surface area contributed by atoms with Crippen molar-refractivity contribution in [2.75, 3.05) is 20.0 Å². The van der Waals surface area contributed by atoms with Crippen molar-refractivity contribution in [3.8, 4) is 22.9 Å². The van der Waals surface area contributed by atoms with Gasteiger partial charge in [-0.05, 0) is 18.2 Å². The number of benzene rings is 1. The zero-order chi connectivity index (χ0) is 14.7. The SMILES string of the molecule is COc1ccc(-c2nc(N)cc(C(=O)O)n2)cc1OC. The number of anilines is 1. The van der Waals surface area contributed by atoms with Crippen LogP contribution in [-0.2, 0) is 0 Å². The molecule has 0 saturated carbocycles. The highest BCUT2D eigenvalue weighted by molar-refractivity contribution is 5.86. The first-order chi connectivity index (χ1) is 9.55. The van der Waals surface area contributed by atoms with E-state index in [4.69, 9.17) is 20.3 Å². The Morgan fingerprint density at radius 3 is 2.45 bits per heavy atom. The number of nitrogens with zero attached hydrogens (tertiary/aromatic N) is 2. The third-order valence-corrected chi connectivity index (χ3v) is 2.61. The van der Waals surface area contributed by atoms with Crippen LogP contribution in [0.2, 0.25) is 0 Å². The summed E-state index contributed by atoms with van der Waals surface area (Å²) in [5, 5.41) is 8.97. The van der Waals surface area contributed by atoms with Crippen molar-refractivity contribution in [3.05, 3.63) is 30.0 Å². The fourth-order valence-electron chi connectivity index (χ4n) is 1.68. The molecule has 7 heteroatoms. The summed E-state index contributed by atoms with van der Waals surface area (Å²) in [5.74, 6) is 0.179. The zero-order valence-electron chi connectivity index (χ0n) is 11.0. The second-order valence-electron chi connectivity index (χ2n) is 3.88. The summed E-state index contributed by atoms with van der Waals surface area (Å²) in [5.41, 5.74) is 6.01. The molecule has 104 valence electrons. The van der Waals surface area contributed by atoms with E-state index in [9.17, 15) is 4.79 Å². The van der Waals surface area contributed by atoms with Crippen molar-refractivity contribution in [2.24, 2.45) is 0 Å². The van der Waals surface area contributed by atoms with Gasteiger partial charge in [-0.2, -0.15) is 0 Å². The maximum Gasteiger partial charge on any atom is 0.354 e. The molecule has 0 saturated heterocycles. The highest BCUT2D eigenvalue weighted by Crippen LogP contribution is 2.31. The summed E-state index contributed by atoms with van der Waals surface area (Å²) in [6.45, 7) is 0. The molecule has 0 spiro atoms. The zero-order valence-corrected chi connectivity index (χ0v) is 11.0. The number of methoxy groups -OCH3 is 2. The van der Waals surface area contributed by atoms with Gasteiger partial charge in [-0.15, -0.1) is 0 Å². The molecule has 2 rings (SSSR count). The topological polar surface area (TPSA) is 108 Å². The molecular formula is C13H13N3O4. The number of ether oxygens (including phenoxy) is 2. The maximum atomic E-state index is 11.0. The molecule has 2 aromatic rings. The number of carboxylic acids is 1. The average Bonchev–Trinajstić information content (AvgIpc) is 2.45. The number of rotatable bonds is 4. The van der Waals surface area contributed by atoms with Gasteiger partial charge in [0.05, 0.1) is 14.2 Å². The normalized spacial score (nSPS) is 10.1. The van der Waals surface area contributed by atoms with Gasteiger partial charge in [0.15, 0.2) is 23.0 Å². The fourth-order valence-corrected chi connectivity index (χ4v) is 1.68. The van der Waals surface area contributed by atoms with E-state index in [0.717, 1.165) is 0 Å². The Morgan fingerprint density at radius 2 is 1.85 bits per heavy atom. The smallest absolute Gasteiger partial charge is 0.354 e. The van der Waals surface area contributed by atoms with Crippen LogP contribution in [0.25, 0.3) is 11.4 Å². The lowest BCUT2D eigenvalue weighted by atomic mass is 10.2. The van der Waals surface area contributed by atoms with E-state index in [1.807, 2.05) is 0 Å². The third-order valence-electron chi connectivity index (χ3n) is 2.61. The van der Waals surface area contributed by atoms with Crippen molar-refractivity contribution in [3.63, 3.8) is 0 Å². The number of aromatic carboxylic acids is 1. The van der Waals surface area contributed by atoms with Crippen LogP contribution >= 0.6 is 0 Å². The monoisotopic (exact) mass is 275 g/mol. The van der Waals surface area contributed by atoms with Gasteiger partial charge in [0.25, 0.3) is 0 Å². The van der Waals surface area contributed by atoms with Crippen LogP contribution in [0, 0.1) is 0 Å². The molecule has 0 bridgehead atoms. The largest absolute Gasteiger partial charge is 0.493 e. The fraction of sp³-hybridized carbons (Fsp3) is 0.154. The number of aromatic nitrogens is 2. The first-order valence-electron chi connectivity index (χ1n) is 5.65. The molecule has 7 nitrogen and oxygen atoms in total. The van der Waals surface area contributed by atoms with Crippen LogP contribution in [0.1, 0.15) is 10.5 Å². The molecule has 3 N–H and O–H groups in total. The Morgan fingerprint density at radius 1 is 1.15 bits per heavy atom. The lowest BCUT2D eigenvalue weighted by Crippen LogP contribution is -2.05. The molecule has 0 aliphatic carbocycles. The van der Waals surface area contributed by atoms with Crippen molar-refractivity contribution in [2.45, 2.75) is 0 Å². The second kappa shape index (κ2) is 5.43. The van der Waals surface area contributed by atoms with Crippen LogP contribution in [0.5, 0.6) is 11.5 Å². The van der Waals surface area contributed by atoms with E-state index in [2.05, 4.69) is 9.97 Å². The number of hydrogen-bond donors (Lipinski definition) is 2. The second-order valence-corrected chi connectivity index (χ2v) is 3.88. The predicted octanol–water partition coefficient (Wildman–Crippen LogP) is 1.44. The van der Waals surface area contributed by atoms with E-state index < -0.39 is 5.97 Å². The summed E-state index contributed by atoms with van der Waals surface area (Å²) < 4.78 is 10.3. The van der Waals surface area contributed by atoms with Crippen LogP contribution in [0.3, 0.4) is 0 Å². The Labute approximate surface area is 115 Å². The molecule has 0 aliphatic heterocycles. The van der Waals surface area contributed by atoms with Crippen molar-refractivity contribution in [1.29, 1.82) is 0 Å². The summed E-state index contributed by atoms with van der Waals surface area (Å²) in [4.78, 5) is 18.9. The molecule has 1 heterocycles. The summed E-state index contributed by atoms with van der Waals surface area (Å²) in [7, 11) is 3.03. The summed E-state index contributed by atoms with van der Waals surface area (Å²) in [6.07, 6.45) is 0. The van der Waals surface area contributed by atoms with E-state index in [-0.39, 0.29) is 17.3 Å². The Hall–Kier alpha value is -2.83. The minimum absolute atomic E-state index is 0.0854. The van der Waals surface area contributed by atoms with Crippen LogP contribution in [0.15, 0.2) is 24.3 Å². The number of nitrogens with two attached hydrogens (primary N) is 1. The van der Waals surface area contributed by atoms with E-state index in [1.165, 1.54) is 20.3 Å². The molecule has 20 heavy (non-hydrogen) atoms. The summed E-state index contributed by atoms with van der Waals surface area (Å²) >= 11 is 0. The number of carboxylic acid groups (broad SMARTS) is 1. The summed E-state index contributed by atoms with van der Waals surface area (Å²) in [6, 6.07) is 6.23. The number of carbonyl (C=O) groups is 1. The number of hydrogen-bond acceptors (Lipinski definition) is 6. The van der Waals surface area contributed by atoms with Crippen LogP contribution < -0.4 is 15.2 Å². The van der Waals surface area contributed by atoms with Gasteiger partial charge in [-0.3, -0.25) is 0 Å². The Kier molecular flexibility index (Phi) is 3.69. The first kappa shape index (κ1) is 13.6. The highest BCUT2D eigenvalue weighted by atomic mass is 16.5.